The van der Waals surface area contributed by atoms with E-state index in [0.29, 0.717) is 53.9 Å². The zero-order valence-corrected chi connectivity index (χ0v) is 18.0. The molecule has 1 aliphatic rings. The number of tetrazole rings is 1. The monoisotopic (exact) mass is 463 g/mol. The quantitative estimate of drug-likeness (QED) is 0.510. The molecular formula is C20H20ClF2N7O2. The van der Waals surface area contributed by atoms with Crippen LogP contribution in [0.2, 0.25) is 0 Å². The lowest BCUT2D eigenvalue weighted by Crippen LogP contribution is -2.41. The summed E-state index contributed by atoms with van der Waals surface area (Å²) in [6.45, 7) is 2.86. The predicted octanol–water partition coefficient (Wildman–Crippen LogP) is 2.19. The number of hydrogen-bond acceptors (Lipinski definition) is 6. The summed E-state index contributed by atoms with van der Waals surface area (Å²) in [4.78, 5) is 31.2. The topological polar surface area (TPSA) is 100.0 Å². The Bertz CT molecular complexity index is 1310. The van der Waals surface area contributed by atoms with Gasteiger partial charge in [-0.1, -0.05) is 24.6 Å². The highest BCUT2D eigenvalue weighted by atomic mass is 35.5. The minimum Gasteiger partial charge on any atom is -0.278 e. The third kappa shape index (κ3) is 4.38. The van der Waals surface area contributed by atoms with E-state index in [1.165, 1.54) is 20.0 Å². The van der Waals surface area contributed by atoms with Gasteiger partial charge in [0.25, 0.3) is 5.56 Å². The molecule has 3 aromatic rings. The van der Waals surface area contributed by atoms with E-state index < -0.39 is 17.3 Å². The lowest BCUT2D eigenvalue weighted by atomic mass is 10.1. The van der Waals surface area contributed by atoms with Gasteiger partial charge in [0.15, 0.2) is 17.5 Å². The lowest BCUT2D eigenvalue weighted by molar-refractivity contribution is 0.449. The minimum atomic E-state index is -0.935. The highest BCUT2D eigenvalue weighted by Gasteiger charge is 2.24. The van der Waals surface area contributed by atoms with Gasteiger partial charge in [-0.05, 0) is 35.8 Å². The van der Waals surface area contributed by atoms with E-state index in [-0.39, 0.29) is 24.9 Å². The number of nitrogens with zero attached hydrogens (tertiary/aromatic N) is 7. The fourth-order valence-corrected chi connectivity index (χ4v) is 3.81. The van der Waals surface area contributed by atoms with Gasteiger partial charge < -0.3 is 0 Å². The fraction of sp³-hybridized carbons (Fsp3) is 0.400. The molecule has 2 aromatic heterocycles. The van der Waals surface area contributed by atoms with Crippen LogP contribution in [0.4, 0.5) is 14.6 Å². The molecular weight excluding hydrogens is 444 g/mol. The predicted molar refractivity (Wildman–Crippen MR) is 114 cm³/mol. The van der Waals surface area contributed by atoms with Crippen molar-refractivity contribution in [2.45, 2.75) is 52.2 Å². The van der Waals surface area contributed by atoms with Crippen molar-refractivity contribution >= 4 is 22.6 Å². The van der Waals surface area contributed by atoms with E-state index in [1.807, 2.05) is 6.92 Å². The summed E-state index contributed by atoms with van der Waals surface area (Å²) in [7, 11) is 0. The van der Waals surface area contributed by atoms with Crippen molar-refractivity contribution in [2.75, 3.05) is 0 Å². The zero-order chi connectivity index (χ0) is 22.8. The maximum absolute atomic E-state index is 13.4. The average Bonchev–Trinajstić information content (AvgIpc) is 3.37. The van der Waals surface area contributed by atoms with Crippen LogP contribution in [-0.4, -0.2) is 34.5 Å². The summed E-state index contributed by atoms with van der Waals surface area (Å²) in [5.41, 5.74) is 0.139. The van der Waals surface area contributed by atoms with Crippen LogP contribution in [0.5, 0.6) is 0 Å². The Hall–Kier alpha value is -3.21. The van der Waals surface area contributed by atoms with E-state index in [9.17, 15) is 18.4 Å². The summed E-state index contributed by atoms with van der Waals surface area (Å²) >= 11 is 6.01. The molecule has 1 aliphatic heterocycles. The van der Waals surface area contributed by atoms with E-state index in [2.05, 4.69) is 20.4 Å². The first kappa shape index (κ1) is 22.0. The first-order valence-corrected chi connectivity index (χ1v) is 10.6. The summed E-state index contributed by atoms with van der Waals surface area (Å²) in [5, 5.41) is 12.4. The highest BCUT2D eigenvalue weighted by Crippen LogP contribution is 2.24. The van der Waals surface area contributed by atoms with Gasteiger partial charge in [-0.2, -0.15) is 4.80 Å². The number of benzene rings is 1. The molecule has 12 heteroatoms. The molecule has 4 rings (SSSR count). The van der Waals surface area contributed by atoms with Crippen LogP contribution in [0.25, 0.3) is 0 Å². The molecule has 0 radical (unpaired) electrons. The molecule has 0 spiro atoms. The Balaban J connectivity index is 1.45. The lowest BCUT2D eigenvalue weighted by Gasteiger charge is -2.13. The van der Waals surface area contributed by atoms with Crippen LogP contribution in [-0.2, 0) is 32.5 Å². The van der Waals surface area contributed by atoms with E-state index in [0.717, 1.165) is 12.1 Å². The second-order valence-electron chi connectivity index (χ2n) is 7.44. The molecule has 0 N–H and O–H groups in total. The Morgan fingerprint density at radius 2 is 1.91 bits per heavy atom. The molecule has 0 amide bonds. The van der Waals surface area contributed by atoms with Gasteiger partial charge in [-0.15, -0.1) is 10.2 Å². The van der Waals surface area contributed by atoms with Crippen molar-refractivity contribution in [2.24, 2.45) is 4.99 Å². The van der Waals surface area contributed by atoms with Gasteiger partial charge in [-0.3, -0.25) is 13.9 Å². The number of halogens is 3. The average molecular weight is 464 g/mol. The van der Waals surface area contributed by atoms with Gasteiger partial charge in [0.1, 0.15) is 11.0 Å². The van der Waals surface area contributed by atoms with Gasteiger partial charge in [0.05, 0.1) is 12.1 Å². The third-order valence-corrected chi connectivity index (χ3v) is 5.29. The summed E-state index contributed by atoms with van der Waals surface area (Å²) in [5.74, 6) is -1.15. The molecule has 0 saturated heterocycles. The second kappa shape index (κ2) is 9.11. The fourth-order valence-electron chi connectivity index (χ4n) is 3.59. The van der Waals surface area contributed by atoms with Crippen LogP contribution >= 0.6 is 11.6 Å². The van der Waals surface area contributed by atoms with Gasteiger partial charge in [-0.25, -0.2) is 18.6 Å². The maximum atomic E-state index is 13.4. The number of aromatic nitrogens is 6. The molecule has 0 atom stereocenters. The van der Waals surface area contributed by atoms with Crippen molar-refractivity contribution < 1.29 is 8.78 Å². The van der Waals surface area contributed by atoms with Gasteiger partial charge in [0.2, 0.25) is 0 Å². The standard InChI is InChI=1S/C20H20ClF2N7O2/c1-2-6-28-18-13(11-16(21)24-18)19(31)29(20(28)32)7-3-8-30-26-17(25-27-30)10-12-4-5-14(22)15(23)9-12/h4-5,9H,2-3,6-8,10-11H2,1H3. The SMILES string of the molecule is CCCn1c2c(c(=O)n(CCCn3nnc(Cc4ccc(F)c(F)c4)n3)c1=O)CC(Cl)=N2. The van der Waals surface area contributed by atoms with Crippen molar-refractivity contribution in [3.8, 4) is 0 Å². The molecule has 9 nitrogen and oxygen atoms in total. The minimum absolute atomic E-state index is 0.173. The Kier molecular flexibility index (Phi) is 6.26. The molecule has 0 unspecified atom stereocenters. The number of hydrogen-bond donors (Lipinski definition) is 0. The first-order chi connectivity index (χ1) is 15.4. The van der Waals surface area contributed by atoms with E-state index >= 15 is 0 Å². The Morgan fingerprint density at radius 1 is 1.09 bits per heavy atom. The molecule has 0 fully saturated rings. The van der Waals surface area contributed by atoms with Crippen LogP contribution < -0.4 is 11.2 Å². The third-order valence-electron chi connectivity index (χ3n) is 5.07. The summed E-state index contributed by atoms with van der Waals surface area (Å²) < 4.78 is 29.1. The van der Waals surface area contributed by atoms with Crippen molar-refractivity contribution in [1.82, 2.24) is 29.3 Å². The van der Waals surface area contributed by atoms with Gasteiger partial charge in [0, 0.05) is 25.9 Å². The molecule has 3 heterocycles. The molecule has 32 heavy (non-hydrogen) atoms. The van der Waals surface area contributed by atoms with Crippen LogP contribution in [0.15, 0.2) is 32.8 Å². The zero-order valence-electron chi connectivity index (χ0n) is 17.3. The number of rotatable bonds is 8. The second-order valence-corrected chi connectivity index (χ2v) is 7.87. The van der Waals surface area contributed by atoms with Crippen LogP contribution in [0.1, 0.15) is 36.7 Å². The van der Waals surface area contributed by atoms with Crippen LogP contribution in [0, 0.1) is 11.6 Å². The highest BCUT2D eigenvalue weighted by molar-refractivity contribution is 6.66. The van der Waals surface area contributed by atoms with Crippen molar-refractivity contribution in [3.63, 3.8) is 0 Å². The summed E-state index contributed by atoms with van der Waals surface area (Å²) in [6, 6.07) is 3.59. The number of aryl methyl sites for hydroxylation is 1. The summed E-state index contributed by atoms with van der Waals surface area (Å²) in [6.07, 6.45) is 1.54. The van der Waals surface area contributed by atoms with Crippen molar-refractivity contribution in [3.05, 3.63) is 67.6 Å². The molecule has 1 aromatic carbocycles. The molecule has 0 aliphatic carbocycles. The van der Waals surface area contributed by atoms with Crippen molar-refractivity contribution in [1.29, 1.82) is 0 Å². The van der Waals surface area contributed by atoms with E-state index in [4.69, 9.17) is 11.6 Å². The first-order valence-electron chi connectivity index (χ1n) is 10.2. The number of fused-ring (bicyclic) bond motifs is 1. The van der Waals surface area contributed by atoms with Gasteiger partial charge >= 0.3 is 5.69 Å². The largest absolute Gasteiger partial charge is 0.332 e. The molecule has 0 bridgehead atoms. The van der Waals surface area contributed by atoms with E-state index in [1.54, 1.807) is 0 Å². The Labute approximate surface area is 186 Å². The molecule has 168 valence electrons. The smallest absolute Gasteiger partial charge is 0.278 e. The molecule has 0 saturated carbocycles. The maximum Gasteiger partial charge on any atom is 0.332 e. The normalized spacial score (nSPS) is 12.8. The van der Waals surface area contributed by atoms with Crippen LogP contribution in [0.3, 0.4) is 0 Å². The Morgan fingerprint density at radius 3 is 2.66 bits per heavy atom. The number of aliphatic imine (C=N–C) groups is 1.